The molecule has 0 aromatic heterocycles. The fourth-order valence-electron chi connectivity index (χ4n) is 2.90. The van der Waals surface area contributed by atoms with E-state index in [0.29, 0.717) is 0 Å². The number of aliphatic hydroxyl groups excluding tert-OH is 1. The van der Waals surface area contributed by atoms with E-state index in [1.165, 1.54) is 6.07 Å². The van der Waals surface area contributed by atoms with Crippen LogP contribution in [-0.4, -0.2) is 11.2 Å². The van der Waals surface area contributed by atoms with Crippen LogP contribution in [0.5, 0.6) is 0 Å². The molecule has 1 fully saturated rings. The quantitative estimate of drug-likeness (QED) is 0.696. The molecule has 0 bridgehead atoms. The predicted molar refractivity (Wildman–Crippen MR) is 61.5 cm³/mol. The summed E-state index contributed by atoms with van der Waals surface area (Å²) in [6.07, 6.45) is 7.58. The van der Waals surface area contributed by atoms with Crippen molar-refractivity contribution in [1.29, 1.82) is 0 Å². The minimum Gasteiger partial charge on any atom is -0.393 e. The highest BCUT2D eigenvalue weighted by molar-refractivity contribution is 5.57. The van der Waals surface area contributed by atoms with E-state index in [2.05, 4.69) is 12.2 Å². The van der Waals surface area contributed by atoms with Gasteiger partial charge in [-0.1, -0.05) is 24.3 Å². The maximum Gasteiger partial charge on any atom is 0.130 e. The highest BCUT2D eigenvalue weighted by Gasteiger charge is 2.33. The van der Waals surface area contributed by atoms with Gasteiger partial charge in [-0.05, 0) is 37.0 Å². The van der Waals surface area contributed by atoms with Crippen LogP contribution in [0.1, 0.15) is 25.7 Å². The van der Waals surface area contributed by atoms with Crippen molar-refractivity contribution in [2.24, 2.45) is 5.41 Å². The third-order valence-electron chi connectivity index (χ3n) is 3.85. The Balaban J connectivity index is 2.07. The summed E-state index contributed by atoms with van der Waals surface area (Å²) >= 11 is 0. The van der Waals surface area contributed by atoms with Crippen LogP contribution in [0.25, 0.3) is 12.2 Å². The number of hydrogen-bond acceptors (Lipinski definition) is 1. The zero-order valence-electron chi connectivity index (χ0n) is 9.12. The van der Waals surface area contributed by atoms with Gasteiger partial charge in [0.05, 0.1) is 6.10 Å². The van der Waals surface area contributed by atoms with Gasteiger partial charge >= 0.3 is 0 Å². The van der Waals surface area contributed by atoms with Crippen molar-refractivity contribution in [2.75, 3.05) is 0 Å². The van der Waals surface area contributed by atoms with Crippen molar-refractivity contribution in [2.45, 2.75) is 31.8 Å². The number of fused-ring (bicyclic) bond motifs is 1. The van der Waals surface area contributed by atoms with Gasteiger partial charge in [-0.2, -0.15) is 0 Å². The van der Waals surface area contributed by atoms with Crippen molar-refractivity contribution in [3.8, 4) is 0 Å². The van der Waals surface area contributed by atoms with E-state index in [0.717, 1.165) is 36.1 Å². The molecule has 0 atom stereocenters. The van der Waals surface area contributed by atoms with Crippen LogP contribution in [0.2, 0.25) is 0 Å². The number of hydrogen-bond donors (Lipinski definition) is 1. The molecule has 0 unspecified atom stereocenters. The molecule has 2 aliphatic rings. The molecule has 1 aromatic rings. The number of halogens is 1. The topological polar surface area (TPSA) is 20.2 Å². The lowest BCUT2D eigenvalue weighted by molar-refractivity contribution is 0.108. The molecule has 1 saturated carbocycles. The summed E-state index contributed by atoms with van der Waals surface area (Å²) in [6.45, 7) is 0. The molecule has 84 valence electrons. The number of rotatable bonds is 0. The molecule has 0 saturated heterocycles. The third kappa shape index (κ3) is 1.49. The predicted octanol–water partition coefficient (Wildman–Crippen LogP) is 1.32. The molecule has 1 spiro atoms. The first-order valence-corrected chi connectivity index (χ1v) is 5.87. The van der Waals surface area contributed by atoms with Gasteiger partial charge in [0, 0.05) is 10.6 Å². The summed E-state index contributed by atoms with van der Waals surface area (Å²) in [6, 6.07) is 5.24. The summed E-state index contributed by atoms with van der Waals surface area (Å²) in [5, 5.41) is 11.3. The van der Waals surface area contributed by atoms with Gasteiger partial charge in [0.2, 0.25) is 0 Å². The summed E-state index contributed by atoms with van der Waals surface area (Å²) in [7, 11) is 0. The smallest absolute Gasteiger partial charge is 0.130 e. The maximum atomic E-state index is 13.6. The van der Waals surface area contributed by atoms with E-state index in [1.54, 1.807) is 6.07 Å². The van der Waals surface area contributed by atoms with Gasteiger partial charge in [-0.25, -0.2) is 4.39 Å². The lowest BCUT2D eigenvalue weighted by Gasteiger charge is -2.32. The Morgan fingerprint density at radius 3 is 2.62 bits per heavy atom. The maximum absolute atomic E-state index is 13.6. The molecule has 0 aliphatic heterocycles. The third-order valence-corrected chi connectivity index (χ3v) is 3.85. The van der Waals surface area contributed by atoms with Crippen LogP contribution >= 0.6 is 0 Å². The highest BCUT2D eigenvalue weighted by atomic mass is 19.1. The Bertz CT molecular complexity index is 524. The molecule has 3 rings (SSSR count). The Hall–Kier alpha value is -1.15. The number of aliphatic hydroxyl groups is 1. The highest BCUT2D eigenvalue weighted by Crippen LogP contribution is 2.40. The SMILES string of the molecule is OC1CCC2(C=c3cccc(F)c3=C2)CC1. The van der Waals surface area contributed by atoms with Gasteiger partial charge in [-0.15, -0.1) is 0 Å². The second kappa shape index (κ2) is 3.42. The fourth-order valence-corrected chi connectivity index (χ4v) is 2.90. The largest absolute Gasteiger partial charge is 0.393 e. The van der Waals surface area contributed by atoms with Crippen molar-refractivity contribution < 1.29 is 9.50 Å². The summed E-state index contributed by atoms with van der Waals surface area (Å²) in [5.74, 6) is -0.128. The van der Waals surface area contributed by atoms with Crippen LogP contribution in [0.15, 0.2) is 18.2 Å². The van der Waals surface area contributed by atoms with Crippen LogP contribution in [0.4, 0.5) is 4.39 Å². The van der Waals surface area contributed by atoms with Crippen LogP contribution < -0.4 is 10.4 Å². The normalized spacial score (nSPS) is 32.0. The second-order valence-corrected chi connectivity index (χ2v) is 5.00. The summed E-state index contributed by atoms with van der Waals surface area (Å²) < 4.78 is 13.6. The number of benzene rings is 1. The molecule has 1 nitrogen and oxygen atoms in total. The molecular weight excluding hydrogens is 203 g/mol. The van der Waals surface area contributed by atoms with E-state index in [9.17, 15) is 9.50 Å². The van der Waals surface area contributed by atoms with Crippen molar-refractivity contribution >= 4 is 12.2 Å². The molecule has 1 aromatic carbocycles. The van der Waals surface area contributed by atoms with Gasteiger partial charge in [0.15, 0.2) is 0 Å². The summed E-state index contributed by atoms with van der Waals surface area (Å²) in [4.78, 5) is 0. The van der Waals surface area contributed by atoms with Crippen molar-refractivity contribution in [3.05, 3.63) is 34.5 Å². The van der Waals surface area contributed by atoms with E-state index < -0.39 is 0 Å². The molecule has 16 heavy (non-hydrogen) atoms. The zero-order chi connectivity index (χ0) is 11.2. The van der Waals surface area contributed by atoms with Gasteiger partial charge in [-0.3, -0.25) is 0 Å². The first-order chi connectivity index (χ1) is 7.69. The molecule has 2 heteroatoms. The molecule has 2 aliphatic carbocycles. The average molecular weight is 218 g/mol. The zero-order valence-corrected chi connectivity index (χ0v) is 9.12. The Kier molecular flexibility index (Phi) is 2.15. The molecule has 0 radical (unpaired) electrons. The molecule has 1 N–H and O–H groups in total. The van der Waals surface area contributed by atoms with Crippen LogP contribution in [0.3, 0.4) is 0 Å². The van der Waals surface area contributed by atoms with Gasteiger partial charge in [0.1, 0.15) is 5.82 Å². The second-order valence-electron chi connectivity index (χ2n) is 5.00. The monoisotopic (exact) mass is 218 g/mol. The molecular formula is C14H15FO. The lowest BCUT2D eigenvalue weighted by atomic mass is 9.74. The fraction of sp³-hybridized carbons (Fsp3) is 0.429. The molecule has 0 amide bonds. The van der Waals surface area contributed by atoms with E-state index in [1.807, 2.05) is 6.07 Å². The van der Waals surface area contributed by atoms with E-state index in [-0.39, 0.29) is 17.3 Å². The van der Waals surface area contributed by atoms with Gasteiger partial charge in [0.25, 0.3) is 0 Å². The van der Waals surface area contributed by atoms with Crippen molar-refractivity contribution in [1.82, 2.24) is 0 Å². The first kappa shape index (κ1) is 10.0. The standard InChI is InChI=1S/C14H15FO/c15-13-3-1-2-10-8-14(9-12(10)13)6-4-11(16)5-7-14/h1-3,8-9,11,16H,4-7H2. The van der Waals surface area contributed by atoms with Crippen LogP contribution in [0, 0.1) is 11.2 Å². The van der Waals surface area contributed by atoms with Crippen molar-refractivity contribution in [3.63, 3.8) is 0 Å². The van der Waals surface area contributed by atoms with E-state index >= 15 is 0 Å². The average Bonchev–Trinajstić information content (AvgIpc) is 2.63. The Labute approximate surface area is 93.9 Å². The minimum absolute atomic E-state index is 0.00373. The van der Waals surface area contributed by atoms with Gasteiger partial charge < -0.3 is 5.11 Å². The first-order valence-electron chi connectivity index (χ1n) is 5.87. The Morgan fingerprint density at radius 2 is 1.94 bits per heavy atom. The molecule has 0 heterocycles. The Morgan fingerprint density at radius 1 is 1.19 bits per heavy atom. The minimum atomic E-state index is -0.166. The lowest BCUT2D eigenvalue weighted by Crippen LogP contribution is -2.25. The van der Waals surface area contributed by atoms with Crippen LogP contribution in [-0.2, 0) is 0 Å². The summed E-state index contributed by atoms with van der Waals surface area (Å²) in [5.41, 5.74) is 0.00373. The van der Waals surface area contributed by atoms with E-state index in [4.69, 9.17) is 0 Å².